The first-order valence-electron chi connectivity index (χ1n) is 7.51. The van der Waals surface area contributed by atoms with E-state index in [4.69, 9.17) is 0 Å². The van der Waals surface area contributed by atoms with Crippen molar-refractivity contribution in [1.29, 1.82) is 0 Å². The lowest BCUT2D eigenvalue weighted by Crippen LogP contribution is -2.11. The van der Waals surface area contributed by atoms with Crippen LogP contribution >= 0.6 is 11.8 Å². The number of aromatic nitrogens is 2. The minimum absolute atomic E-state index is 0.819. The van der Waals surface area contributed by atoms with Gasteiger partial charge < -0.3 is 10.6 Å². The second-order valence-electron chi connectivity index (χ2n) is 5.00. The number of nitrogens with one attached hydrogen (secondary N) is 2. The van der Waals surface area contributed by atoms with Crippen molar-refractivity contribution in [2.45, 2.75) is 46.5 Å². The van der Waals surface area contributed by atoms with Crippen LogP contribution in [0.3, 0.4) is 0 Å². The van der Waals surface area contributed by atoms with E-state index in [0.717, 1.165) is 42.5 Å². The third kappa shape index (κ3) is 5.99. The Hall–Kier alpha value is -0.970. The van der Waals surface area contributed by atoms with Gasteiger partial charge in [-0.3, -0.25) is 0 Å². The lowest BCUT2D eigenvalue weighted by Gasteiger charge is -2.14. The van der Waals surface area contributed by atoms with Crippen LogP contribution in [-0.2, 0) is 0 Å². The first kappa shape index (κ1) is 17.1. The van der Waals surface area contributed by atoms with Crippen molar-refractivity contribution in [3.05, 3.63) is 11.4 Å². The van der Waals surface area contributed by atoms with Crippen LogP contribution in [0.1, 0.15) is 44.0 Å². The topological polar surface area (TPSA) is 49.8 Å². The van der Waals surface area contributed by atoms with Gasteiger partial charge in [0.05, 0.1) is 0 Å². The summed E-state index contributed by atoms with van der Waals surface area (Å²) in [5, 5.41) is 6.82. The van der Waals surface area contributed by atoms with Crippen LogP contribution in [0.4, 0.5) is 11.6 Å². The molecule has 1 heterocycles. The summed E-state index contributed by atoms with van der Waals surface area (Å²) in [6.07, 6.45) is 7.03. The summed E-state index contributed by atoms with van der Waals surface area (Å²) in [6.45, 7) is 8.11. The fourth-order valence-electron chi connectivity index (χ4n) is 1.97. The van der Waals surface area contributed by atoms with Crippen molar-refractivity contribution < 1.29 is 0 Å². The van der Waals surface area contributed by atoms with Gasteiger partial charge >= 0.3 is 0 Å². The van der Waals surface area contributed by atoms with Gasteiger partial charge in [-0.25, -0.2) is 9.97 Å². The number of nitrogens with zero attached hydrogens (tertiary/aromatic N) is 2. The van der Waals surface area contributed by atoms with Crippen LogP contribution in [0, 0.1) is 13.8 Å². The summed E-state index contributed by atoms with van der Waals surface area (Å²) in [4.78, 5) is 8.98. The number of hydrogen-bond acceptors (Lipinski definition) is 5. The molecule has 20 heavy (non-hydrogen) atoms. The first-order chi connectivity index (χ1) is 9.69. The summed E-state index contributed by atoms with van der Waals surface area (Å²) in [6, 6.07) is 0. The second kappa shape index (κ2) is 9.86. The maximum absolute atomic E-state index is 4.51. The van der Waals surface area contributed by atoms with Crippen LogP contribution in [0.2, 0.25) is 0 Å². The fraction of sp³-hybridized carbons (Fsp3) is 0.733. The number of thioether (sulfide) groups is 1. The molecule has 0 aromatic carbocycles. The van der Waals surface area contributed by atoms with E-state index in [9.17, 15) is 0 Å². The molecule has 0 aliphatic carbocycles. The fourth-order valence-corrected chi connectivity index (χ4v) is 2.46. The van der Waals surface area contributed by atoms with E-state index in [-0.39, 0.29) is 0 Å². The molecule has 0 bridgehead atoms. The highest BCUT2D eigenvalue weighted by atomic mass is 32.2. The van der Waals surface area contributed by atoms with E-state index >= 15 is 0 Å². The number of rotatable bonds is 10. The minimum Gasteiger partial charge on any atom is -0.370 e. The Morgan fingerprint density at radius 1 is 0.950 bits per heavy atom. The van der Waals surface area contributed by atoms with Crippen LogP contribution < -0.4 is 10.6 Å². The predicted molar refractivity (Wildman–Crippen MR) is 91.0 cm³/mol. The maximum atomic E-state index is 4.51. The number of aryl methyl sites for hydroxylation is 1. The van der Waals surface area contributed by atoms with Crippen LogP contribution in [0.25, 0.3) is 0 Å². The van der Waals surface area contributed by atoms with Crippen molar-refractivity contribution >= 4 is 23.4 Å². The average molecular weight is 296 g/mol. The van der Waals surface area contributed by atoms with Gasteiger partial charge in [-0.2, -0.15) is 11.8 Å². The quantitative estimate of drug-likeness (QED) is 0.642. The highest BCUT2D eigenvalue weighted by Crippen LogP contribution is 2.19. The molecule has 5 heteroatoms. The van der Waals surface area contributed by atoms with Gasteiger partial charge in [-0.05, 0) is 45.1 Å². The summed E-state index contributed by atoms with van der Waals surface area (Å²) in [5.74, 6) is 4.01. The highest BCUT2D eigenvalue weighted by Gasteiger charge is 2.08. The van der Waals surface area contributed by atoms with Gasteiger partial charge in [0.1, 0.15) is 17.5 Å². The zero-order chi connectivity index (χ0) is 14.8. The van der Waals surface area contributed by atoms with Gasteiger partial charge in [-0.15, -0.1) is 0 Å². The molecular formula is C15H28N4S. The molecule has 0 amide bonds. The largest absolute Gasteiger partial charge is 0.370 e. The molecule has 1 aromatic rings. The standard InChI is InChI=1S/C15H28N4S/c1-5-9-16-14-12(2)15(19-13(3)18-14)17-10-7-6-8-11-20-4/h5-11H2,1-4H3,(H2,16,17,18,19). The van der Waals surface area contributed by atoms with E-state index in [1.807, 2.05) is 18.7 Å². The Bertz CT molecular complexity index is 396. The molecule has 0 spiro atoms. The van der Waals surface area contributed by atoms with Crippen LogP contribution in [0.5, 0.6) is 0 Å². The molecule has 0 saturated carbocycles. The Morgan fingerprint density at radius 3 is 2.20 bits per heavy atom. The van der Waals surface area contributed by atoms with Crippen LogP contribution in [-0.4, -0.2) is 35.1 Å². The van der Waals surface area contributed by atoms with Gasteiger partial charge in [0.25, 0.3) is 0 Å². The summed E-state index contributed by atoms with van der Waals surface area (Å²) in [5.41, 5.74) is 1.12. The van der Waals surface area contributed by atoms with Crippen molar-refractivity contribution in [2.75, 3.05) is 35.7 Å². The smallest absolute Gasteiger partial charge is 0.134 e. The van der Waals surface area contributed by atoms with E-state index < -0.39 is 0 Å². The molecule has 1 rings (SSSR count). The molecule has 2 N–H and O–H groups in total. The van der Waals surface area contributed by atoms with Crippen molar-refractivity contribution in [1.82, 2.24) is 9.97 Å². The lowest BCUT2D eigenvalue weighted by atomic mass is 10.2. The molecule has 0 aliphatic heterocycles. The third-order valence-electron chi connectivity index (χ3n) is 3.12. The van der Waals surface area contributed by atoms with Gasteiger partial charge in [0.2, 0.25) is 0 Å². The summed E-state index contributed by atoms with van der Waals surface area (Å²) < 4.78 is 0. The molecule has 1 aromatic heterocycles. The molecule has 0 unspecified atom stereocenters. The molecule has 0 atom stereocenters. The number of anilines is 2. The summed E-state index contributed by atoms with van der Waals surface area (Å²) >= 11 is 1.92. The molecule has 0 saturated heterocycles. The predicted octanol–water partition coefficient (Wildman–Crippen LogP) is 3.86. The molecule has 0 fully saturated rings. The Kier molecular flexibility index (Phi) is 8.42. The second-order valence-corrected chi connectivity index (χ2v) is 5.99. The molecular weight excluding hydrogens is 268 g/mol. The van der Waals surface area contributed by atoms with Crippen molar-refractivity contribution in [3.63, 3.8) is 0 Å². The lowest BCUT2D eigenvalue weighted by molar-refractivity contribution is 0.747. The minimum atomic E-state index is 0.819. The Labute approximate surface area is 127 Å². The van der Waals surface area contributed by atoms with Crippen LogP contribution in [0.15, 0.2) is 0 Å². The third-order valence-corrected chi connectivity index (χ3v) is 3.81. The average Bonchev–Trinajstić information content (AvgIpc) is 2.44. The van der Waals surface area contributed by atoms with Crippen molar-refractivity contribution in [2.24, 2.45) is 0 Å². The first-order valence-corrected chi connectivity index (χ1v) is 8.90. The van der Waals surface area contributed by atoms with E-state index in [1.165, 1.54) is 25.0 Å². The zero-order valence-corrected chi connectivity index (χ0v) is 14.1. The molecule has 0 aliphatic rings. The van der Waals surface area contributed by atoms with Crippen molar-refractivity contribution in [3.8, 4) is 0 Å². The van der Waals surface area contributed by atoms with E-state index in [1.54, 1.807) is 0 Å². The van der Waals surface area contributed by atoms with E-state index in [0.29, 0.717) is 0 Å². The number of hydrogen-bond donors (Lipinski definition) is 2. The normalized spacial score (nSPS) is 10.6. The Morgan fingerprint density at radius 2 is 1.60 bits per heavy atom. The van der Waals surface area contributed by atoms with E-state index in [2.05, 4.69) is 40.7 Å². The van der Waals surface area contributed by atoms with Gasteiger partial charge in [-0.1, -0.05) is 13.3 Å². The molecule has 114 valence electrons. The monoisotopic (exact) mass is 296 g/mol. The SMILES string of the molecule is CCCNc1nc(C)nc(NCCCCCSC)c1C. The molecule has 0 radical (unpaired) electrons. The number of unbranched alkanes of at least 4 members (excludes halogenated alkanes) is 2. The van der Waals surface area contributed by atoms with Gasteiger partial charge in [0, 0.05) is 18.7 Å². The highest BCUT2D eigenvalue weighted by molar-refractivity contribution is 7.98. The maximum Gasteiger partial charge on any atom is 0.134 e. The molecule has 4 nitrogen and oxygen atoms in total. The van der Waals surface area contributed by atoms with Gasteiger partial charge in [0.15, 0.2) is 0 Å². The zero-order valence-electron chi connectivity index (χ0n) is 13.3. The Balaban J connectivity index is 2.49. The summed E-state index contributed by atoms with van der Waals surface area (Å²) in [7, 11) is 0.